The minimum atomic E-state index is 0.667. The van der Waals surface area contributed by atoms with Gasteiger partial charge in [-0.15, -0.1) is 0 Å². The Kier molecular flexibility index (Phi) is 2.76. The van der Waals surface area contributed by atoms with Gasteiger partial charge in [0.15, 0.2) is 0 Å². The lowest BCUT2D eigenvalue weighted by molar-refractivity contribution is 1.33. The van der Waals surface area contributed by atoms with Crippen LogP contribution >= 0.6 is 27.5 Å². The Hall–Kier alpha value is -1.52. The number of benzene rings is 2. The fourth-order valence-electron chi connectivity index (χ4n) is 1.86. The number of aromatic nitrogens is 2. The van der Waals surface area contributed by atoms with E-state index in [0.717, 1.165) is 26.9 Å². The fraction of sp³-hybridized carbons (Fsp3) is 0. The van der Waals surface area contributed by atoms with Crippen LogP contribution in [0.1, 0.15) is 0 Å². The van der Waals surface area contributed by atoms with Gasteiger partial charge in [-0.25, -0.2) is 4.98 Å². The first-order valence-corrected chi connectivity index (χ1v) is 6.52. The average molecular weight is 323 g/mol. The SMILES string of the molecule is Nc1cccc2[nH]c(-c3ccc(Cl)cc3Br)nc12. The zero-order chi connectivity index (χ0) is 12.7. The monoisotopic (exact) mass is 321 g/mol. The molecule has 0 aliphatic rings. The third-order valence-electron chi connectivity index (χ3n) is 2.73. The number of H-pyrrole nitrogens is 1. The molecule has 0 unspecified atom stereocenters. The number of para-hydroxylation sites is 1. The molecule has 0 atom stereocenters. The van der Waals surface area contributed by atoms with Crippen molar-refractivity contribution in [2.75, 3.05) is 5.73 Å². The molecule has 0 bridgehead atoms. The summed E-state index contributed by atoms with van der Waals surface area (Å²) in [5, 5.41) is 0.682. The van der Waals surface area contributed by atoms with Crippen LogP contribution in [0.3, 0.4) is 0 Å². The van der Waals surface area contributed by atoms with Crippen LogP contribution < -0.4 is 5.73 Å². The molecule has 3 nitrogen and oxygen atoms in total. The van der Waals surface area contributed by atoms with E-state index in [9.17, 15) is 0 Å². The van der Waals surface area contributed by atoms with Gasteiger partial charge in [-0.1, -0.05) is 17.7 Å². The van der Waals surface area contributed by atoms with Crippen molar-refractivity contribution in [3.63, 3.8) is 0 Å². The number of nitrogens with two attached hydrogens (primary N) is 1. The van der Waals surface area contributed by atoms with Crippen LogP contribution in [0.2, 0.25) is 5.02 Å². The molecule has 1 aromatic heterocycles. The highest BCUT2D eigenvalue weighted by Crippen LogP contribution is 2.31. The normalized spacial score (nSPS) is 11.0. The molecule has 0 amide bonds. The zero-order valence-corrected chi connectivity index (χ0v) is 11.6. The van der Waals surface area contributed by atoms with E-state index in [-0.39, 0.29) is 0 Å². The second-order valence-corrected chi connectivity index (χ2v) is 5.24. The number of rotatable bonds is 1. The Labute approximate surface area is 117 Å². The first-order chi connectivity index (χ1) is 8.65. The van der Waals surface area contributed by atoms with Gasteiger partial charge in [-0.05, 0) is 46.3 Å². The van der Waals surface area contributed by atoms with E-state index < -0.39 is 0 Å². The minimum absolute atomic E-state index is 0.667. The maximum absolute atomic E-state index is 5.93. The number of nitrogens with zero attached hydrogens (tertiary/aromatic N) is 1. The molecule has 3 N–H and O–H groups in total. The first kappa shape index (κ1) is 11.6. The quantitative estimate of drug-likeness (QED) is 0.659. The van der Waals surface area contributed by atoms with E-state index >= 15 is 0 Å². The third kappa shape index (κ3) is 1.87. The van der Waals surface area contributed by atoms with E-state index in [0.29, 0.717) is 10.7 Å². The van der Waals surface area contributed by atoms with E-state index in [1.165, 1.54) is 0 Å². The Morgan fingerprint density at radius 2 is 2.06 bits per heavy atom. The Morgan fingerprint density at radius 3 is 2.78 bits per heavy atom. The highest BCUT2D eigenvalue weighted by atomic mass is 79.9. The minimum Gasteiger partial charge on any atom is -0.397 e. The standard InChI is InChI=1S/C13H9BrClN3/c14-9-6-7(15)4-5-8(9)13-17-11-3-1-2-10(16)12(11)18-13/h1-6H,16H2,(H,17,18). The number of hydrogen-bond acceptors (Lipinski definition) is 2. The molecule has 1 heterocycles. The molecular formula is C13H9BrClN3. The van der Waals surface area contributed by atoms with Crippen LogP contribution in [0.4, 0.5) is 5.69 Å². The predicted molar refractivity (Wildman–Crippen MR) is 78.7 cm³/mol. The summed E-state index contributed by atoms with van der Waals surface area (Å²) >= 11 is 9.41. The van der Waals surface area contributed by atoms with Gasteiger partial charge in [-0.2, -0.15) is 0 Å². The molecule has 18 heavy (non-hydrogen) atoms. The average Bonchev–Trinajstić information content (AvgIpc) is 2.74. The molecular weight excluding hydrogens is 314 g/mol. The van der Waals surface area contributed by atoms with Crippen LogP contribution in [0.5, 0.6) is 0 Å². The van der Waals surface area contributed by atoms with Crippen molar-refractivity contribution in [2.45, 2.75) is 0 Å². The summed E-state index contributed by atoms with van der Waals surface area (Å²) < 4.78 is 0.896. The highest BCUT2D eigenvalue weighted by molar-refractivity contribution is 9.10. The predicted octanol–water partition coefficient (Wildman–Crippen LogP) is 4.23. The van der Waals surface area contributed by atoms with Crippen LogP contribution in [-0.4, -0.2) is 9.97 Å². The van der Waals surface area contributed by atoms with Gasteiger partial charge in [0.2, 0.25) is 0 Å². The zero-order valence-electron chi connectivity index (χ0n) is 9.24. The molecule has 0 saturated heterocycles. The number of anilines is 1. The van der Waals surface area contributed by atoms with E-state index in [1.54, 1.807) is 0 Å². The number of nitrogens with one attached hydrogen (secondary N) is 1. The van der Waals surface area contributed by atoms with Crippen molar-refractivity contribution in [1.29, 1.82) is 0 Å². The Balaban J connectivity index is 2.23. The maximum Gasteiger partial charge on any atom is 0.139 e. The van der Waals surface area contributed by atoms with Crippen molar-refractivity contribution < 1.29 is 0 Å². The van der Waals surface area contributed by atoms with Crippen LogP contribution in [0.25, 0.3) is 22.4 Å². The van der Waals surface area contributed by atoms with Gasteiger partial charge in [0, 0.05) is 15.1 Å². The van der Waals surface area contributed by atoms with Crippen molar-refractivity contribution in [3.05, 3.63) is 45.9 Å². The van der Waals surface area contributed by atoms with Gasteiger partial charge in [0.25, 0.3) is 0 Å². The van der Waals surface area contributed by atoms with Crippen molar-refractivity contribution >= 4 is 44.3 Å². The summed E-state index contributed by atoms with van der Waals surface area (Å²) in [5.41, 5.74) is 9.22. The molecule has 3 aromatic rings. The number of imidazole rings is 1. The number of nitrogen functional groups attached to an aromatic ring is 1. The lowest BCUT2D eigenvalue weighted by Gasteiger charge is -2.00. The highest BCUT2D eigenvalue weighted by Gasteiger charge is 2.10. The van der Waals surface area contributed by atoms with E-state index in [4.69, 9.17) is 17.3 Å². The van der Waals surface area contributed by atoms with Gasteiger partial charge < -0.3 is 10.7 Å². The molecule has 0 fully saturated rings. The number of aromatic amines is 1. The van der Waals surface area contributed by atoms with E-state index in [1.807, 2.05) is 36.4 Å². The van der Waals surface area contributed by atoms with Crippen molar-refractivity contribution in [2.24, 2.45) is 0 Å². The molecule has 5 heteroatoms. The molecule has 0 aliphatic carbocycles. The second kappa shape index (κ2) is 4.30. The maximum atomic E-state index is 5.93. The molecule has 0 radical (unpaired) electrons. The number of halogens is 2. The summed E-state index contributed by atoms with van der Waals surface area (Å²) in [7, 11) is 0. The van der Waals surface area contributed by atoms with Crippen LogP contribution in [-0.2, 0) is 0 Å². The fourth-order valence-corrected chi connectivity index (χ4v) is 2.73. The summed E-state index contributed by atoms with van der Waals surface area (Å²) in [4.78, 5) is 7.77. The first-order valence-electron chi connectivity index (χ1n) is 5.35. The van der Waals surface area contributed by atoms with Gasteiger partial charge in [0.1, 0.15) is 11.3 Å². The van der Waals surface area contributed by atoms with Gasteiger partial charge >= 0.3 is 0 Å². The lowest BCUT2D eigenvalue weighted by Crippen LogP contribution is -1.85. The summed E-state index contributed by atoms with van der Waals surface area (Å²) in [5.74, 6) is 0.770. The number of hydrogen-bond donors (Lipinski definition) is 2. The lowest BCUT2D eigenvalue weighted by atomic mass is 10.2. The largest absolute Gasteiger partial charge is 0.397 e. The molecule has 0 aliphatic heterocycles. The number of fused-ring (bicyclic) bond motifs is 1. The van der Waals surface area contributed by atoms with Gasteiger partial charge in [0.05, 0.1) is 11.2 Å². The summed E-state index contributed by atoms with van der Waals surface area (Å²) in [6.45, 7) is 0. The molecule has 90 valence electrons. The van der Waals surface area contributed by atoms with Crippen molar-refractivity contribution in [3.8, 4) is 11.4 Å². The van der Waals surface area contributed by atoms with Crippen molar-refractivity contribution in [1.82, 2.24) is 9.97 Å². The Morgan fingerprint density at radius 1 is 1.22 bits per heavy atom. The Bertz CT molecular complexity index is 736. The van der Waals surface area contributed by atoms with Crippen LogP contribution in [0.15, 0.2) is 40.9 Å². The van der Waals surface area contributed by atoms with Gasteiger partial charge in [-0.3, -0.25) is 0 Å². The van der Waals surface area contributed by atoms with E-state index in [2.05, 4.69) is 25.9 Å². The molecule has 0 spiro atoms. The molecule has 3 rings (SSSR count). The molecule has 2 aromatic carbocycles. The molecule has 0 saturated carbocycles. The third-order valence-corrected chi connectivity index (χ3v) is 3.62. The summed E-state index contributed by atoms with van der Waals surface area (Å²) in [6.07, 6.45) is 0. The second-order valence-electron chi connectivity index (χ2n) is 3.95. The topological polar surface area (TPSA) is 54.7 Å². The van der Waals surface area contributed by atoms with Crippen LogP contribution in [0, 0.1) is 0 Å². The summed E-state index contributed by atoms with van der Waals surface area (Å²) in [6, 6.07) is 11.3. The smallest absolute Gasteiger partial charge is 0.139 e.